The number of imidazole rings is 1. The monoisotopic (exact) mass is 280 g/mol. The number of aromatic nitrogens is 4. The minimum absolute atomic E-state index is 0.880. The standard InChI is InChI=1S/C15H12N4S/c1-19-15-13(12(18-19)10-5-3-2-4-6-10)16-14(17-15)11-7-8-20-9-11/h2-9H,1H3,(H,16,17). The number of hydrogen-bond acceptors (Lipinski definition) is 3. The molecular weight excluding hydrogens is 268 g/mol. The number of hydrogen-bond donors (Lipinski definition) is 1. The van der Waals surface area contributed by atoms with Gasteiger partial charge < -0.3 is 4.98 Å². The number of aryl methyl sites for hydroxylation is 1. The molecule has 0 aliphatic rings. The minimum Gasteiger partial charge on any atom is -0.335 e. The maximum Gasteiger partial charge on any atom is 0.177 e. The molecule has 0 aliphatic heterocycles. The van der Waals surface area contributed by atoms with Crippen LogP contribution in [0.2, 0.25) is 0 Å². The van der Waals surface area contributed by atoms with Crippen molar-refractivity contribution in [2.45, 2.75) is 0 Å². The number of fused-ring (bicyclic) bond motifs is 1. The van der Waals surface area contributed by atoms with E-state index in [0.29, 0.717) is 0 Å². The van der Waals surface area contributed by atoms with Crippen molar-refractivity contribution in [2.75, 3.05) is 0 Å². The number of nitrogens with one attached hydrogen (secondary N) is 1. The Kier molecular flexibility index (Phi) is 2.47. The molecule has 0 saturated heterocycles. The topological polar surface area (TPSA) is 46.5 Å². The molecular formula is C15H12N4S. The molecule has 0 radical (unpaired) electrons. The van der Waals surface area contributed by atoms with Crippen LogP contribution in [0.15, 0.2) is 47.2 Å². The molecule has 3 heterocycles. The zero-order chi connectivity index (χ0) is 13.5. The molecule has 0 bridgehead atoms. The molecule has 98 valence electrons. The van der Waals surface area contributed by atoms with Gasteiger partial charge in [-0.05, 0) is 11.4 Å². The predicted molar refractivity (Wildman–Crippen MR) is 81.6 cm³/mol. The van der Waals surface area contributed by atoms with Crippen molar-refractivity contribution < 1.29 is 0 Å². The predicted octanol–water partition coefficient (Wildman–Crippen LogP) is 3.69. The summed E-state index contributed by atoms with van der Waals surface area (Å²) in [6.45, 7) is 0. The lowest BCUT2D eigenvalue weighted by atomic mass is 10.1. The highest BCUT2D eigenvalue weighted by Crippen LogP contribution is 2.29. The van der Waals surface area contributed by atoms with E-state index in [9.17, 15) is 0 Å². The Morgan fingerprint density at radius 1 is 1.10 bits per heavy atom. The van der Waals surface area contributed by atoms with Crippen LogP contribution in [0.1, 0.15) is 0 Å². The van der Waals surface area contributed by atoms with E-state index >= 15 is 0 Å². The van der Waals surface area contributed by atoms with Gasteiger partial charge in [0.15, 0.2) is 5.65 Å². The second kappa shape index (κ2) is 4.31. The first-order chi connectivity index (χ1) is 9.83. The summed E-state index contributed by atoms with van der Waals surface area (Å²) in [5.74, 6) is 0.895. The zero-order valence-electron chi connectivity index (χ0n) is 10.9. The molecule has 0 aliphatic carbocycles. The highest BCUT2D eigenvalue weighted by atomic mass is 32.1. The lowest BCUT2D eigenvalue weighted by Gasteiger charge is -1.96. The minimum atomic E-state index is 0.880. The quantitative estimate of drug-likeness (QED) is 0.608. The number of thiophene rings is 1. The summed E-state index contributed by atoms with van der Waals surface area (Å²) in [4.78, 5) is 8.05. The average molecular weight is 280 g/mol. The van der Waals surface area contributed by atoms with Crippen LogP contribution in [0.25, 0.3) is 33.8 Å². The van der Waals surface area contributed by atoms with E-state index in [1.165, 1.54) is 0 Å². The number of nitrogens with zero attached hydrogens (tertiary/aromatic N) is 3. The molecule has 4 rings (SSSR count). The molecule has 0 atom stereocenters. The smallest absolute Gasteiger partial charge is 0.177 e. The molecule has 0 amide bonds. The first-order valence-electron chi connectivity index (χ1n) is 6.33. The lowest BCUT2D eigenvalue weighted by Crippen LogP contribution is -1.91. The van der Waals surface area contributed by atoms with Gasteiger partial charge in [0.25, 0.3) is 0 Å². The summed E-state index contributed by atoms with van der Waals surface area (Å²) >= 11 is 1.67. The lowest BCUT2D eigenvalue weighted by molar-refractivity contribution is 0.790. The maximum atomic E-state index is 4.65. The first kappa shape index (κ1) is 11.4. The van der Waals surface area contributed by atoms with E-state index in [4.69, 9.17) is 0 Å². The van der Waals surface area contributed by atoms with Crippen molar-refractivity contribution in [3.8, 4) is 22.6 Å². The molecule has 0 unspecified atom stereocenters. The van der Waals surface area contributed by atoms with E-state index in [1.54, 1.807) is 11.3 Å². The van der Waals surface area contributed by atoms with E-state index in [0.717, 1.165) is 33.8 Å². The molecule has 4 nitrogen and oxygen atoms in total. The van der Waals surface area contributed by atoms with Gasteiger partial charge in [-0.3, -0.25) is 0 Å². The summed E-state index contributed by atoms with van der Waals surface area (Å²) in [7, 11) is 1.92. The van der Waals surface area contributed by atoms with E-state index in [-0.39, 0.29) is 0 Å². The van der Waals surface area contributed by atoms with Crippen LogP contribution >= 0.6 is 11.3 Å². The van der Waals surface area contributed by atoms with Gasteiger partial charge in [-0.25, -0.2) is 9.67 Å². The third kappa shape index (κ3) is 1.67. The normalized spacial score (nSPS) is 11.2. The second-order valence-corrected chi connectivity index (χ2v) is 5.41. The summed E-state index contributed by atoms with van der Waals surface area (Å²) < 4.78 is 1.82. The Morgan fingerprint density at radius 2 is 1.95 bits per heavy atom. The second-order valence-electron chi connectivity index (χ2n) is 4.63. The summed E-state index contributed by atoms with van der Waals surface area (Å²) in [6, 6.07) is 12.2. The van der Waals surface area contributed by atoms with Gasteiger partial charge in [0.2, 0.25) is 0 Å². The van der Waals surface area contributed by atoms with E-state index in [2.05, 4.69) is 44.0 Å². The number of benzene rings is 1. The fraction of sp³-hybridized carbons (Fsp3) is 0.0667. The van der Waals surface area contributed by atoms with Gasteiger partial charge in [0, 0.05) is 23.6 Å². The fourth-order valence-electron chi connectivity index (χ4n) is 2.34. The Hall–Kier alpha value is -2.40. The van der Waals surface area contributed by atoms with Gasteiger partial charge >= 0.3 is 0 Å². The fourth-order valence-corrected chi connectivity index (χ4v) is 2.99. The average Bonchev–Trinajstić information content (AvgIpc) is 3.17. The Balaban J connectivity index is 1.95. The molecule has 20 heavy (non-hydrogen) atoms. The van der Waals surface area contributed by atoms with Gasteiger partial charge in [0.05, 0.1) is 0 Å². The molecule has 0 saturated carbocycles. The van der Waals surface area contributed by atoms with Crippen LogP contribution in [0.3, 0.4) is 0 Å². The summed E-state index contributed by atoms with van der Waals surface area (Å²) in [5, 5.41) is 8.71. The van der Waals surface area contributed by atoms with Gasteiger partial charge in [-0.15, -0.1) is 0 Å². The van der Waals surface area contributed by atoms with Crippen molar-refractivity contribution in [3.05, 3.63) is 47.2 Å². The van der Waals surface area contributed by atoms with Gasteiger partial charge in [-0.2, -0.15) is 16.4 Å². The Bertz CT molecular complexity index is 856. The van der Waals surface area contributed by atoms with Crippen LogP contribution in [-0.2, 0) is 7.05 Å². The summed E-state index contributed by atoms with van der Waals surface area (Å²) in [6.07, 6.45) is 0. The van der Waals surface area contributed by atoms with Crippen molar-refractivity contribution in [3.63, 3.8) is 0 Å². The van der Waals surface area contributed by atoms with Crippen molar-refractivity contribution in [1.29, 1.82) is 0 Å². The van der Waals surface area contributed by atoms with Crippen LogP contribution in [0.5, 0.6) is 0 Å². The molecule has 1 N–H and O–H groups in total. The molecule has 0 fully saturated rings. The third-order valence-electron chi connectivity index (χ3n) is 3.32. The van der Waals surface area contributed by atoms with Crippen LogP contribution < -0.4 is 0 Å². The number of aromatic amines is 1. The van der Waals surface area contributed by atoms with Crippen LogP contribution in [0, 0.1) is 0 Å². The first-order valence-corrected chi connectivity index (χ1v) is 7.28. The van der Waals surface area contributed by atoms with Crippen molar-refractivity contribution in [2.24, 2.45) is 7.05 Å². The van der Waals surface area contributed by atoms with E-state index < -0.39 is 0 Å². The SMILES string of the molecule is Cn1nc(-c2ccccc2)c2[nH]c(-c3ccsc3)nc21. The van der Waals surface area contributed by atoms with Gasteiger partial charge in [-0.1, -0.05) is 30.3 Å². The number of rotatable bonds is 2. The van der Waals surface area contributed by atoms with Gasteiger partial charge in [0.1, 0.15) is 17.0 Å². The summed E-state index contributed by atoms with van der Waals surface area (Å²) in [5.41, 5.74) is 5.02. The molecule has 3 aromatic heterocycles. The van der Waals surface area contributed by atoms with Crippen molar-refractivity contribution >= 4 is 22.5 Å². The molecule has 0 spiro atoms. The highest BCUT2D eigenvalue weighted by molar-refractivity contribution is 7.08. The zero-order valence-corrected chi connectivity index (χ0v) is 11.7. The largest absolute Gasteiger partial charge is 0.335 e. The highest BCUT2D eigenvalue weighted by Gasteiger charge is 2.15. The van der Waals surface area contributed by atoms with Crippen LogP contribution in [-0.4, -0.2) is 19.7 Å². The third-order valence-corrected chi connectivity index (χ3v) is 4.00. The maximum absolute atomic E-state index is 4.65. The van der Waals surface area contributed by atoms with Crippen molar-refractivity contribution in [1.82, 2.24) is 19.7 Å². The Morgan fingerprint density at radius 3 is 2.70 bits per heavy atom. The Labute approximate surface area is 119 Å². The molecule has 5 heteroatoms. The molecule has 1 aromatic carbocycles. The molecule has 4 aromatic rings. The number of H-pyrrole nitrogens is 1. The van der Waals surface area contributed by atoms with E-state index in [1.807, 2.05) is 29.9 Å². The van der Waals surface area contributed by atoms with Crippen LogP contribution in [0.4, 0.5) is 0 Å².